The molecule has 1 aliphatic heterocycles. The number of esters is 1. The van der Waals surface area contributed by atoms with Crippen LogP contribution in [0.3, 0.4) is 0 Å². The Balaban J connectivity index is 1.30. The molecule has 4 aromatic rings. The molecule has 0 spiro atoms. The van der Waals surface area contributed by atoms with Gasteiger partial charge in [-0.3, -0.25) is 14.7 Å². The summed E-state index contributed by atoms with van der Waals surface area (Å²) in [4.78, 5) is 35.6. The Morgan fingerprint density at radius 2 is 1.88 bits per heavy atom. The Morgan fingerprint density at radius 1 is 1.10 bits per heavy atom. The minimum atomic E-state index is -1.01. The Labute approximate surface area is 243 Å². The molecule has 1 aliphatic carbocycles. The van der Waals surface area contributed by atoms with Crippen LogP contribution in [0.4, 0.5) is 5.00 Å². The topological polar surface area (TPSA) is 95.3 Å². The third-order valence-corrected chi connectivity index (χ3v) is 9.37. The van der Waals surface area contributed by atoms with Crippen molar-refractivity contribution in [3.8, 4) is 16.5 Å². The zero-order chi connectivity index (χ0) is 28.7. The number of ether oxygens (including phenoxy) is 1. The van der Waals surface area contributed by atoms with Gasteiger partial charge < -0.3 is 10.1 Å². The van der Waals surface area contributed by atoms with Crippen molar-refractivity contribution < 1.29 is 14.3 Å². The second-order valence-corrected chi connectivity index (χ2v) is 11.9. The molecule has 3 heterocycles. The van der Waals surface area contributed by atoms with Crippen LogP contribution in [0.2, 0.25) is 0 Å². The Hall–Kier alpha value is -4.06. The second kappa shape index (κ2) is 11.1. The number of benzene rings is 2. The molecule has 0 bridgehead atoms. The number of hydrogen-bond acceptors (Lipinski definition) is 7. The molecule has 41 heavy (non-hydrogen) atoms. The van der Waals surface area contributed by atoms with Gasteiger partial charge in [0, 0.05) is 47.1 Å². The fourth-order valence-corrected chi connectivity index (χ4v) is 7.20. The molecule has 6 rings (SSSR count). The zero-order valence-corrected chi connectivity index (χ0v) is 24.3. The summed E-state index contributed by atoms with van der Waals surface area (Å²) in [5, 5.41) is 14.2. The SMILES string of the molecule is CCC(OC(=O)c1c2c(nc3ccccc13)CCN(C(C)C)C2)C(=O)Nc1sc2c(c1C#N)CCc1ccccc1-2. The molecule has 2 aliphatic rings. The maximum absolute atomic E-state index is 13.9. The number of thiophene rings is 1. The summed E-state index contributed by atoms with van der Waals surface area (Å²) in [5.74, 6) is -0.951. The number of carbonyl (C=O) groups excluding carboxylic acids is 2. The van der Waals surface area contributed by atoms with Gasteiger partial charge in [0.1, 0.15) is 11.1 Å². The standard InChI is InChI=1S/C33H32N4O3S/c1-4-28(31(38)36-32-24(17-34)22-14-13-20-9-5-6-10-21(20)30(22)41-32)40-33(39)29-23-11-7-8-12-26(23)35-27-15-16-37(19(2)3)18-25(27)29/h5-12,19,28H,4,13-16,18H2,1-3H3,(H,36,38). The summed E-state index contributed by atoms with van der Waals surface area (Å²) in [6.07, 6.45) is 1.65. The molecular weight excluding hydrogens is 532 g/mol. The van der Waals surface area contributed by atoms with Gasteiger partial charge in [-0.2, -0.15) is 5.26 Å². The largest absolute Gasteiger partial charge is 0.449 e. The van der Waals surface area contributed by atoms with Gasteiger partial charge in [0.2, 0.25) is 0 Å². The van der Waals surface area contributed by atoms with E-state index in [0.717, 1.165) is 64.0 Å². The van der Waals surface area contributed by atoms with E-state index in [4.69, 9.17) is 9.72 Å². The molecule has 1 amide bonds. The number of aromatic nitrogens is 1. The number of carbonyl (C=O) groups is 2. The van der Waals surface area contributed by atoms with Gasteiger partial charge in [0.25, 0.3) is 5.91 Å². The fourth-order valence-electron chi connectivity index (χ4n) is 5.93. The van der Waals surface area contributed by atoms with Gasteiger partial charge in [-0.1, -0.05) is 49.4 Å². The first-order chi connectivity index (χ1) is 19.9. The summed E-state index contributed by atoms with van der Waals surface area (Å²) in [5.41, 5.74) is 6.85. The first kappa shape index (κ1) is 27.1. The van der Waals surface area contributed by atoms with E-state index in [1.807, 2.05) is 43.3 Å². The van der Waals surface area contributed by atoms with Crippen LogP contribution >= 0.6 is 11.3 Å². The van der Waals surface area contributed by atoms with Gasteiger partial charge in [0.15, 0.2) is 6.10 Å². The lowest BCUT2D eigenvalue weighted by Crippen LogP contribution is -2.38. The van der Waals surface area contributed by atoms with Crippen molar-refractivity contribution >= 4 is 39.1 Å². The quantitative estimate of drug-likeness (QED) is 0.277. The molecule has 0 radical (unpaired) electrons. The highest BCUT2D eigenvalue weighted by Crippen LogP contribution is 2.45. The normalized spacial score (nSPS) is 15.0. The lowest BCUT2D eigenvalue weighted by Gasteiger charge is -2.32. The van der Waals surface area contributed by atoms with Crippen molar-refractivity contribution in [2.75, 3.05) is 11.9 Å². The first-order valence-corrected chi connectivity index (χ1v) is 15.0. The average Bonchev–Trinajstić information content (AvgIpc) is 3.35. The third kappa shape index (κ3) is 4.90. The average molecular weight is 565 g/mol. The highest BCUT2D eigenvalue weighted by atomic mass is 32.1. The minimum Gasteiger partial charge on any atom is -0.449 e. The van der Waals surface area contributed by atoms with E-state index < -0.39 is 18.0 Å². The Bertz CT molecular complexity index is 1720. The van der Waals surface area contributed by atoms with Crippen LogP contribution in [-0.2, 0) is 35.3 Å². The number of rotatable bonds is 6. The van der Waals surface area contributed by atoms with Crippen LogP contribution in [0.1, 0.15) is 65.5 Å². The highest BCUT2D eigenvalue weighted by Gasteiger charge is 2.31. The first-order valence-electron chi connectivity index (χ1n) is 14.2. The van der Waals surface area contributed by atoms with Crippen LogP contribution in [0, 0.1) is 11.3 Å². The van der Waals surface area contributed by atoms with Gasteiger partial charge in [0.05, 0.1) is 16.6 Å². The summed E-state index contributed by atoms with van der Waals surface area (Å²) in [6, 6.07) is 18.4. The number of amides is 1. The molecule has 8 heteroatoms. The van der Waals surface area contributed by atoms with Crippen molar-refractivity contribution in [3.05, 3.63) is 82.0 Å². The van der Waals surface area contributed by atoms with E-state index in [9.17, 15) is 14.9 Å². The third-order valence-electron chi connectivity index (χ3n) is 8.18. The predicted octanol–water partition coefficient (Wildman–Crippen LogP) is 6.27. The molecule has 0 fully saturated rings. The maximum Gasteiger partial charge on any atom is 0.340 e. The molecule has 0 saturated carbocycles. The van der Waals surface area contributed by atoms with Crippen LogP contribution in [0.5, 0.6) is 0 Å². The number of nitrogens with zero attached hydrogens (tertiary/aromatic N) is 3. The predicted molar refractivity (Wildman–Crippen MR) is 161 cm³/mol. The van der Waals surface area contributed by atoms with Gasteiger partial charge >= 0.3 is 5.97 Å². The van der Waals surface area contributed by atoms with Crippen molar-refractivity contribution in [1.82, 2.24) is 9.88 Å². The van der Waals surface area contributed by atoms with Crippen LogP contribution < -0.4 is 5.32 Å². The smallest absolute Gasteiger partial charge is 0.340 e. The molecule has 2 aromatic carbocycles. The number of aryl methyl sites for hydroxylation is 1. The number of hydrogen-bond donors (Lipinski definition) is 1. The number of pyridine rings is 1. The molecule has 2 aromatic heterocycles. The minimum absolute atomic E-state index is 0.302. The van der Waals surface area contributed by atoms with E-state index in [1.54, 1.807) is 0 Å². The van der Waals surface area contributed by atoms with E-state index in [-0.39, 0.29) is 0 Å². The number of nitrogens with one attached hydrogen (secondary N) is 1. The van der Waals surface area contributed by atoms with Crippen molar-refractivity contribution in [2.24, 2.45) is 0 Å². The van der Waals surface area contributed by atoms with Crippen LogP contribution in [0.25, 0.3) is 21.3 Å². The zero-order valence-electron chi connectivity index (χ0n) is 23.5. The number of fused-ring (bicyclic) bond motifs is 5. The summed E-state index contributed by atoms with van der Waals surface area (Å²) >= 11 is 1.42. The summed E-state index contributed by atoms with van der Waals surface area (Å²) in [7, 11) is 0. The molecule has 0 saturated heterocycles. The highest BCUT2D eigenvalue weighted by molar-refractivity contribution is 7.20. The number of nitriles is 1. The van der Waals surface area contributed by atoms with Crippen LogP contribution in [0.15, 0.2) is 48.5 Å². The van der Waals surface area contributed by atoms with Gasteiger partial charge in [-0.25, -0.2) is 4.79 Å². The number of anilines is 1. The van der Waals surface area contributed by atoms with E-state index in [0.29, 0.717) is 35.1 Å². The lowest BCUT2D eigenvalue weighted by molar-refractivity contribution is -0.124. The summed E-state index contributed by atoms with van der Waals surface area (Å²) < 4.78 is 5.95. The molecule has 1 unspecified atom stereocenters. The molecular formula is C33H32N4O3S. The Morgan fingerprint density at radius 3 is 2.66 bits per heavy atom. The Kier molecular flexibility index (Phi) is 7.33. The van der Waals surface area contributed by atoms with Crippen molar-refractivity contribution in [2.45, 2.75) is 65.1 Å². The second-order valence-electron chi connectivity index (χ2n) is 10.9. The fraction of sp³-hybridized carbons (Fsp3) is 0.333. The molecule has 1 N–H and O–H groups in total. The van der Waals surface area contributed by atoms with Gasteiger partial charge in [-0.15, -0.1) is 11.3 Å². The monoisotopic (exact) mass is 564 g/mol. The van der Waals surface area contributed by atoms with E-state index in [1.165, 1.54) is 16.9 Å². The van der Waals surface area contributed by atoms with Crippen molar-refractivity contribution in [3.63, 3.8) is 0 Å². The van der Waals surface area contributed by atoms with E-state index in [2.05, 4.69) is 42.3 Å². The molecule has 208 valence electrons. The summed E-state index contributed by atoms with van der Waals surface area (Å²) in [6.45, 7) is 7.59. The van der Waals surface area contributed by atoms with Gasteiger partial charge in [-0.05, 0) is 55.9 Å². The van der Waals surface area contributed by atoms with Crippen LogP contribution in [-0.4, -0.2) is 40.5 Å². The number of para-hydroxylation sites is 1. The maximum atomic E-state index is 13.9. The lowest BCUT2D eigenvalue weighted by atomic mass is 9.90. The van der Waals surface area contributed by atoms with Crippen molar-refractivity contribution in [1.29, 1.82) is 5.26 Å². The molecule has 7 nitrogen and oxygen atoms in total. The van der Waals surface area contributed by atoms with E-state index >= 15 is 0 Å². The molecule has 1 atom stereocenters.